The van der Waals surface area contributed by atoms with E-state index in [4.69, 9.17) is 0 Å². The number of nitrogens with zero attached hydrogens (tertiary/aromatic N) is 3. The summed E-state index contributed by atoms with van der Waals surface area (Å²) >= 11 is 1.51. The lowest BCUT2D eigenvalue weighted by molar-refractivity contribution is -0.129. The van der Waals surface area contributed by atoms with E-state index in [1.807, 2.05) is 11.1 Å². The predicted molar refractivity (Wildman–Crippen MR) is 95.5 cm³/mol. The van der Waals surface area contributed by atoms with Crippen molar-refractivity contribution < 1.29 is 4.79 Å². The minimum atomic E-state index is 0.170. The second kappa shape index (κ2) is 8.77. The van der Waals surface area contributed by atoms with Gasteiger partial charge in [-0.3, -0.25) is 4.79 Å². The normalized spacial score (nSPS) is 10.7. The first-order chi connectivity index (χ1) is 11.1. The van der Waals surface area contributed by atoms with Crippen molar-refractivity contribution in [2.75, 3.05) is 12.3 Å². The van der Waals surface area contributed by atoms with Gasteiger partial charge in [-0.15, -0.1) is 0 Å². The Labute approximate surface area is 142 Å². The number of aryl methyl sites for hydroxylation is 2. The minimum absolute atomic E-state index is 0.170. The van der Waals surface area contributed by atoms with E-state index in [9.17, 15) is 4.79 Å². The van der Waals surface area contributed by atoms with Crippen molar-refractivity contribution in [1.29, 1.82) is 0 Å². The summed E-state index contributed by atoms with van der Waals surface area (Å²) in [5, 5.41) is 0.910. The average molecular weight is 331 g/mol. The summed E-state index contributed by atoms with van der Waals surface area (Å²) in [5.74, 6) is 0.603. The molecule has 1 aromatic heterocycles. The lowest BCUT2D eigenvalue weighted by atomic mass is 10.1. The quantitative estimate of drug-likeness (QED) is 0.692. The average Bonchev–Trinajstić information content (AvgIpc) is 3.01. The lowest BCUT2D eigenvalue weighted by Gasteiger charge is -2.22. The van der Waals surface area contributed by atoms with E-state index >= 15 is 0 Å². The number of hydrogen-bond donors (Lipinski definition) is 0. The molecule has 0 aliphatic heterocycles. The molecule has 0 radical (unpaired) electrons. The summed E-state index contributed by atoms with van der Waals surface area (Å²) in [6, 6.07) is 8.39. The maximum absolute atomic E-state index is 12.6. The van der Waals surface area contributed by atoms with Gasteiger partial charge < -0.3 is 9.47 Å². The fourth-order valence-corrected chi connectivity index (χ4v) is 3.30. The van der Waals surface area contributed by atoms with E-state index in [0.29, 0.717) is 12.3 Å². The van der Waals surface area contributed by atoms with Crippen LogP contribution in [0.2, 0.25) is 0 Å². The summed E-state index contributed by atoms with van der Waals surface area (Å²) in [7, 11) is 0. The van der Waals surface area contributed by atoms with Gasteiger partial charge in [-0.25, -0.2) is 4.98 Å². The molecule has 0 aliphatic carbocycles. The molecule has 0 saturated carbocycles. The molecule has 0 fully saturated rings. The molecule has 1 aromatic carbocycles. The van der Waals surface area contributed by atoms with Gasteiger partial charge in [0.1, 0.15) is 0 Å². The fraction of sp³-hybridized carbons (Fsp3) is 0.444. The van der Waals surface area contributed by atoms with Gasteiger partial charge in [-0.1, -0.05) is 48.5 Å². The smallest absolute Gasteiger partial charge is 0.233 e. The first-order valence-electron chi connectivity index (χ1n) is 8.11. The molecule has 0 unspecified atom stereocenters. The molecule has 0 bridgehead atoms. The monoisotopic (exact) mass is 331 g/mol. The molecule has 0 N–H and O–H groups in total. The highest BCUT2D eigenvalue weighted by atomic mass is 32.2. The van der Waals surface area contributed by atoms with E-state index < -0.39 is 0 Å². The maximum atomic E-state index is 12.6. The number of thioether (sulfide) groups is 1. The first-order valence-corrected chi connectivity index (χ1v) is 9.09. The predicted octanol–water partition coefficient (Wildman–Crippen LogP) is 3.74. The van der Waals surface area contributed by atoms with Gasteiger partial charge in [0.05, 0.1) is 5.75 Å². The lowest BCUT2D eigenvalue weighted by Crippen LogP contribution is -2.32. The van der Waals surface area contributed by atoms with E-state index in [1.54, 1.807) is 6.20 Å². The summed E-state index contributed by atoms with van der Waals surface area (Å²) < 4.78 is 2.06. The van der Waals surface area contributed by atoms with Crippen LogP contribution in [0.5, 0.6) is 0 Å². The molecule has 0 aliphatic rings. The molecular weight excluding hydrogens is 306 g/mol. The van der Waals surface area contributed by atoms with Gasteiger partial charge in [0.15, 0.2) is 5.16 Å². The van der Waals surface area contributed by atoms with Crippen LogP contribution >= 0.6 is 11.8 Å². The van der Waals surface area contributed by atoms with E-state index in [-0.39, 0.29) is 5.91 Å². The van der Waals surface area contributed by atoms with Gasteiger partial charge in [-0.2, -0.15) is 0 Å². The molecule has 2 aromatic rings. The zero-order chi connectivity index (χ0) is 16.7. The molecule has 0 spiro atoms. The largest absolute Gasteiger partial charge is 0.338 e. The molecule has 0 saturated heterocycles. The summed E-state index contributed by atoms with van der Waals surface area (Å²) in [4.78, 5) is 18.8. The molecule has 23 heavy (non-hydrogen) atoms. The highest BCUT2D eigenvalue weighted by Crippen LogP contribution is 2.17. The highest BCUT2D eigenvalue weighted by molar-refractivity contribution is 7.99. The Kier molecular flexibility index (Phi) is 6.71. The molecule has 2 rings (SSSR count). The fourth-order valence-electron chi connectivity index (χ4n) is 2.37. The standard InChI is InChI=1S/C18H25N3OS/c1-4-11-21(13-16-8-6-15(3)7-9-16)17(22)14-23-18-19-10-12-20(18)5-2/h6-10,12H,4-5,11,13-14H2,1-3H3. The number of hydrogen-bond acceptors (Lipinski definition) is 3. The van der Waals surface area contributed by atoms with Crippen molar-refractivity contribution in [2.45, 2.75) is 45.4 Å². The Bertz CT molecular complexity index is 621. The Balaban J connectivity index is 1.96. The molecule has 0 atom stereocenters. The molecule has 5 heteroatoms. The molecule has 124 valence electrons. The summed E-state index contributed by atoms with van der Waals surface area (Å²) in [6.45, 7) is 8.59. The van der Waals surface area contributed by atoms with Crippen LogP contribution in [0.15, 0.2) is 41.8 Å². The molecule has 4 nitrogen and oxygen atoms in total. The third-order valence-electron chi connectivity index (χ3n) is 3.68. The second-order valence-corrected chi connectivity index (χ2v) is 6.53. The summed E-state index contributed by atoms with van der Waals surface area (Å²) in [6.07, 6.45) is 4.70. The highest BCUT2D eigenvalue weighted by Gasteiger charge is 2.15. The van der Waals surface area contributed by atoms with Gasteiger partial charge in [0.25, 0.3) is 0 Å². The van der Waals surface area contributed by atoms with Crippen molar-refractivity contribution in [3.8, 4) is 0 Å². The minimum Gasteiger partial charge on any atom is -0.338 e. The van der Waals surface area contributed by atoms with Gasteiger partial charge in [0.2, 0.25) is 5.91 Å². The Hall–Kier alpha value is -1.75. The Morgan fingerprint density at radius 3 is 2.65 bits per heavy atom. The van der Waals surface area contributed by atoms with Crippen LogP contribution in [0.1, 0.15) is 31.4 Å². The van der Waals surface area contributed by atoms with Crippen LogP contribution in [0.25, 0.3) is 0 Å². The molecule has 1 heterocycles. The molecule has 1 amide bonds. The van der Waals surface area contributed by atoms with Crippen LogP contribution in [0, 0.1) is 6.92 Å². The topological polar surface area (TPSA) is 38.1 Å². The number of imidazole rings is 1. The van der Waals surface area contributed by atoms with Crippen LogP contribution < -0.4 is 0 Å². The van der Waals surface area contributed by atoms with Crippen LogP contribution in [0.3, 0.4) is 0 Å². The third-order valence-corrected chi connectivity index (χ3v) is 4.67. The van der Waals surface area contributed by atoms with Crippen LogP contribution in [0.4, 0.5) is 0 Å². The van der Waals surface area contributed by atoms with Gasteiger partial charge in [-0.05, 0) is 25.8 Å². The van der Waals surface area contributed by atoms with Gasteiger partial charge >= 0.3 is 0 Å². The SMILES string of the molecule is CCCN(Cc1ccc(C)cc1)C(=O)CSc1nccn1CC. The number of aromatic nitrogens is 2. The van der Waals surface area contributed by atoms with E-state index in [1.165, 1.54) is 22.9 Å². The van der Waals surface area contributed by atoms with Crippen molar-refractivity contribution in [3.63, 3.8) is 0 Å². The number of rotatable bonds is 8. The number of carbonyl (C=O) groups excluding carboxylic acids is 1. The molecular formula is C18H25N3OS. The van der Waals surface area contributed by atoms with Crippen molar-refractivity contribution in [3.05, 3.63) is 47.8 Å². The van der Waals surface area contributed by atoms with Crippen LogP contribution in [-0.4, -0.2) is 32.7 Å². The number of amides is 1. The first kappa shape index (κ1) is 17.6. The van der Waals surface area contributed by atoms with Crippen LogP contribution in [-0.2, 0) is 17.9 Å². The van der Waals surface area contributed by atoms with E-state index in [0.717, 1.165) is 24.7 Å². The van der Waals surface area contributed by atoms with Crippen molar-refractivity contribution in [2.24, 2.45) is 0 Å². The Morgan fingerprint density at radius 1 is 1.26 bits per heavy atom. The zero-order valence-corrected chi connectivity index (χ0v) is 15.0. The summed E-state index contributed by atoms with van der Waals surface area (Å²) in [5.41, 5.74) is 2.42. The van der Waals surface area contributed by atoms with Crippen molar-refractivity contribution in [1.82, 2.24) is 14.5 Å². The Morgan fingerprint density at radius 2 is 2.00 bits per heavy atom. The number of carbonyl (C=O) groups is 1. The van der Waals surface area contributed by atoms with Gasteiger partial charge in [0, 0.05) is 32.0 Å². The second-order valence-electron chi connectivity index (χ2n) is 5.59. The third kappa shape index (κ3) is 5.13. The van der Waals surface area contributed by atoms with E-state index in [2.05, 4.69) is 54.6 Å². The number of benzene rings is 1. The van der Waals surface area contributed by atoms with Crippen molar-refractivity contribution >= 4 is 17.7 Å². The zero-order valence-electron chi connectivity index (χ0n) is 14.2. The maximum Gasteiger partial charge on any atom is 0.233 e.